The second-order valence-electron chi connectivity index (χ2n) is 3.05. The minimum Gasteiger partial charge on any atom is -0.316 e. The van der Waals surface area contributed by atoms with Crippen LogP contribution in [0.15, 0.2) is 23.8 Å². The van der Waals surface area contributed by atoms with E-state index >= 15 is 0 Å². The lowest BCUT2D eigenvalue weighted by Crippen LogP contribution is -2.03. The van der Waals surface area contributed by atoms with Crippen LogP contribution in [0.4, 0.5) is 0 Å². The van der Waals surface area contributed by atoms with Crippen molar-refractivity contribution in [3.8, 4) is 0 Å². The first kappa shape index (κ1) is 10.4. The number of rotatable bonds is 4. The molecule has 0 unspecified atom stereocenters. The van der Waals surface area contributed by atoms with E-state index in [1.165, 1.54) is 5.57 Å². The van der Waals surface area contributed by atoms with E-state index in [1.807, 2.05) is 7.05 Å². The Morgan fingerprint density at radius 3 is 2.55 bits per heavy atom. The van der Waals surface area contributed by atoms with E-state index in [2.05, 4.69) is 44.3 Å². The standard InChI is InChI=1S/C10H19N/c1-9(2)10(3)7-5-6-8-11-4/h5-7,9,11H,8H2,1-4H3/b6-5-,10-7+. The lowest BCUT2D eigenvalue weighted by atomic mass is 10.1. The molecule has 64 valence electrons. The van der Waals surface area contributed by atoms with Gasteiger partial charge in [-0.05, 0) is 19.9 Å². The third-order valence-electron chi connectivity index (χ3n) is 1.73. The highest BCUT2D eigenvalue weighted by Crippen LogP contribution is 2.06. The summed E-state index contributed by atoms with van der Waals surface area (Å²) in [6.45, 7) is 7.52. The predicted octanol–water partition coefficient (Wildman–Crippen LogP) is 2.36. The van der Waals surface area contributed by atoms with Crippen LogP contribution in [0.5, 0.6) is 0 Å². The molecule has 0 fully saturated rings. The number of nitrogens with one attached hydrogen (secondary N) is 1. The number of hydrogen-bond donors (Lipinski definition) is 1. The van der Waals surface area contributed by atoms with Crippen molar-refractivity contribution in [2.75, 3.05) is 13.6 Å². The Morgan fingerprint density at radius 2 is 2.09 bits per heavy atom. The van der Waals surface area contributed by atoms with Gasteiger partial charge in [0.25, 0.3) is 0 Å². The molecule has 0 rings (SSSR count). The molecule has 0 radical (unpaired) electrons. The molecule has 0 saturated carbocycles. The molecule has 0 aromatic rings. The van der Waals surface area contributed by atoms with E-state index in [0.717, 1.165) is 6.54 Å². The highest BCUT2D eigenvalue weighted by atomic mass is 14.8. The normalized spacial score (nSPS) is 13.4. The van der Waals surface area contributed by atoms with Crippen molar-refractivity contribution in [1.29, 1.82) is 0 Å². The fourth-order valence-electron chi connectivity index (χ4n) is 0.598. The molecular formula is C10H19N. The lowest BCUT2D eigenvalue weighted by molar-refractivity contribution is 0.769. The first-order valence-electron chi connectivity index (χ1n) is 4.16. The Morgan fingerprint density at radius 1 is 1.45 bits per heavy atom. The van der Waals surface area contributed by atoms with Crippen LogP contribution < -0.4 is 5.32 Å². The number of hydrogen-bond acceptors (Lipinski definition) is 1. The topological polar surface area (TPSA) is 12.0 Å². The van der Waals surface area contributed by atoms with E-state index in [1.54, 1.807) is 0 Å². The maximum absolute atomic E-state index is 3.05. The van der Waals surface area contributed by atoms with E-state index < -0.39 is 0 Å². The molecule has 0 saturated heterocycles. The summed E-state index contributed by atoms with van der Waals surface area (Å²) in [5.41, 5.74) is 1.43. The summed E-state index contributed by atoms with van der Waals surface area (Å²) in [5.74, 6) is 0.661. The molecular weight excluding hydrogens is 134 g/mol. The largest absolute Gasteiger partial charge is 0.316 e. The van der Waals surface area contributed by atoms with E-state index in [9.17, 15) is 0 Å². The summed E-state index contributed by atoms with van der Waals surface area (Å²) in [5, 5.41) is 3.05. The Kier molecular flexibility index (Phi) is 5.86. The minimum absolute atomic E-state index is 0.661. The molecule has 0 atom stereocenters. The van der Waals surface area contributed by atoms with Gasteiger partial charge in [0.1, 0.15) is 0 Å². The van der Waals surface area contributed by atoms with Gasteiger partial charge in [-0.3, -0.25) is 0 Å². The maximum Gasteiger partial charge on any atom is 0.0134 e. The summed E-state index contributed by atoms with van der Waals surface area (Å²) < 4.78 is 0. The van der Waals surface area contributed by atoms with Crippen LogP contribution in [0.25, 0.3) is 0 Å². The second kappa shape index (κ2) is 6.17. The molecule has 0 heterocycles. The van der Waals surface area contributed by atoms with Gasteiger partial charge in [0.2, 0.25) is 0 Å². The molecule has 0 aliphatic rings. The summed E-state index contributed by atoms with van der Waals surface area (Å²) in [4.78, 5) is 0. The van der Waals surface area contributed by atoms with Crippen molar-refractivity contribution in [2.45, 2.75) is 20.8 Å². The highest BCUT2D eigenvalue weighted by molar-refractivity contribution is 5.12. The summed E-state index contributed by atoms with van der Waals surface area (Å²) in [6, 6.07) is 0. The quantitative estimate of drug-likeness (QED) is 0.611. The Bertz CT molecular complexity index is 143. The van der Waals surface area contributed by atoms with Crippen molar-refractivity contribution >= 4 is 0 Å². The van der Waals surface area contributed by atoms with Crippen molar-refractivity contribution in [3.63, 3.8) is 0 Å². The molecule has 0 spiro atoms. The van der Waals surface area contributed by atoms with E-state index in [-0.39, 0.29) is 0 Å². The van der Waals surface area contributed by atoms with E-state index in [4.69, 9.17) is 0 Å². The van der Waals surface area contributed by atoms with Crippen molar-refractivity contribution in [1.82, 2.24) is 5.32 Å². The van der Waals surface area contributed by atoms with Crippen LogP contribution in [-0.4, -0.2) is 13.6 Å². The first-order valence-corrected chi connectivity index (χ1v) is 4.16. The van der Waals surface area contributed by atoms with Gasteiger partial charge in [-0.2, -0.15) is 0 Å². The molecule has 11 heavy (non-hydrogen) atoms. The van der Waals surface area contributed by atoms with Crippen molar-refractivity contribution in [3.05, 3.63) is 23.8 Å². The number of likely N-dealkylation sites (N-methyl/N-ethyl adjacent to an activating group) is 1. The molecule has 0 amide bonds. The molecule has 1 nitrogen and oxygen atoms in total. The van der Waals surface area contributed by atoms with Gasteiger partial charge >= 0.3 is 0 Å². The van der Waals surface area contributed by atoms with Crippen LogP contribution in [0.1, 0.15) is 20.8 Å². The van der Waals surface area contributed by atoms with Crippen LogP contribution >= 0.6 is 0 Å². The zero-order valence-corrected chi connectivity index (χ0v) is 8.02. The van der Waals surface area contributed by atoms with Gasteiger partial charge in [0, 0.05) is 6.54 Å². The minimum atomic E-state index is 0.661. The van der Waals surface area contributed by atoms with Gasteiger partial charge in [0.15, 0.2) is 0 Å². The molecule has 1 heteroatoms. The lowest BCUT2D eigenvalue weighted by Gasteiger charge is -2.01. The summed E-state index contributed by atoms with van der Waals surface area (Å²) in [6.07, 6.45) is 6.39. The van der Waals surface area contributed by atoms with Gasteiger partial charge in [-0.1, -0.05) is 37.6 Å². The van der Waals surface area contributed by atoms with E-state index in [0.29, 0.717) is 5.92 Å². The van der Waals surface area contributed by atoms with Gasteiger partial charge < -0.3 is 5.32 Å². The smallest absolute Gasteiger partial charge is 0.0134 e. The molecule has 0 aromatic heterocycles. The summed E-state index contributed by atoms with van der Waals surface area (Å²) in [7, 11) is 1.95. The first-order chi connectivity index (χ1) is 5.18. The molecule has 0 aromatic carbocycles. The monoisotopic (exact) mass is 153 g/mol. The van der Waals surface area contributed by atoms with Crippen molar-refractivity contribution in [2.24, 2.45) is 5.92 Å². The van der Waals surface area contributed by atoms with Gasteiger partial charge in [-0.15, -0.1) is 0 Å². The van der Waals surface area contributed by atoms with Crippen LogP contribution in [0, 0.1) is 5.92 Å². The van der Waals surface area contributed by atoms with Gasteiger partial charge in [0.05, 0.1) is 0 Å². The van der Waals surface area contributed by atoms with Crippen molar-refractivity contribution < 1.29 is 0 Å². The van der Waals surface area contributed by atoms with Crippen LogP contribution in [0.2, 0.25) is 0 Å². The fraction of sp³-hybridized carbons (Fsp3) is 0.600. The molecule has 0 aliphatic carbocycles. The highest BCUT2D eigenvalue weighted by Gasteiger charge is 1.91. The third kappa shape index (κ3) is 5.86. The van der Waals surface area contributed by atoms with Gasteiger partial charge in [-0.25, -0.2) is 0 Å². The molecule has 0 bridgehead atoms. The Hall–Kier alpha value is -0.560. The fourth-order valence-corrected chi connectivity index (χ4v) is 0.598. The van der Waals surface area contributed by atoms with Crippen LogP contribution in [0.3, 0.4) is 0 Å². The second-order valence-corrected chi connectivity index (χ2v) is 3.05. The molecule has 0 aliphatic heterocycles. The third-order valence-corrected chi connectivity index (χ3v) is 1.73. The Balaban J connectivity index is 3.72. The maximum atomic E-state index is 3.05. The van der Waals surface area contributed by atoms with Crippen LogP contribution in [-0.2, 0) is 0 Å². The summed E-state index contributed by atoms with van der Waals surface area (Å²) >= 11 is 0. The average molecular weight is 153 g/mol. The zero-order valence-electron chi connectivity index (χ0n) is 8.02. The SMILES string of the molecule is CNC/C=C\C=C(/C)C(C)C. The Labute approximate surface area is 70.2 Å². The number of allylic oxidation sites excluding steroid dienone is 3. The molecule has 1 N–H and O–H groups in total. The zero-order chi connectivity index (χ0) is 8.69. The predicted molar refractivity (Wildman–Crippen MR) is 51.7 cm³/mol. The average Bonchev–Trinajstić information content (AvgIpc) is 1.97.